The first-order valence-electron chi connectivity index (χ1n) is 6.28. The number of nitro groups is 1. The molecule has 1 unspecified atom stereocenters. The highest BCUT2D eigenvalue weighted by Gasteiger charge is 2.22. The van der Waals surface area contributed by atoms with Crippen LogP contribution in [0.1, 0.15) is 32.6 Å². The Kier molecular flexibility index (Phi) is 4.42. The lowest BCUT2D eigenvalue weighted by Gasteiger charge is -2.22. The van der Waals surface area contributed by atoms with Gasteiger partial charge in [-0.15, -0.1) is 0 Å². The molecule has 1 atom stereocenters. The molecule has 0 radical (unpaired) electrons. The summed E-state index contributed by atoms with van der Waals surface area (Å²) in [5.41, 5.74) is 1.15. The summed E-state index contributed by atoms with van der Waals surface area (Å²) in [6, 6.07) is 5.42. The number of nitrogens with one attached hydrogen (secondary N) is 1. The van der Waals surface area contributed by atoms with Crippen LogP contribution in [-0.2, 0) is 0 Å². The molecule has 1 N–H and O–H groups in total. The zero-order chi connectivity index (χ0) is 13.1. The minimum atomic E-state index is -0.355. The number of benzene rings is 1. The van der Waals surface area contributed by atoms with E-state index in [0.29, 0.717) is 6.04 Å². The first kappa shape index (κ1) is 13.6. The van der Waals surface area contributed by atoms with E-state index in [4.69, 9.17) is 0 Å². The molecular weight excluding hydrogens is 343 g/mol. The highest BCUT2D eigenvalue weighted by Crippen LogP contribution is 2.31. The fourth-order valence-electron chi connectivity index (χ4n) is 2.56. The summed E-state index contributed by atoms with van der Waals surface area (Å²) in [6.07, 6.45) is 5.23. The largest absolute Gasteiger partial charge is 0.381 e. The predicted octanol–water partition coefficient (Wildman–Crippen LogP) is 4.19. The van der Waals surface area contributed by atoms with Crippen LogP contribution in [0.25, 0.3) is 0 Å². The lowest BCUT2D eigenvalue weighted by Crippen LogP contribution is -2.24. The molecular formula is C13H17IN2O2. The maximum Gasteiger partial charge on any atom is 0.270 e. The Morgan fingerprint density at radius 3 is 2.67 bits per heavy atom. The monoisotopic (exact) mass is 360 g/mol. The van der Waals surface area contributed by atoms with E-state index in [1.807, 2.05) is 6.07 Å². The van der Waals surface area contributed by atoms with E-state index >= 15 is 0 Å². The molecule has 0 bridgehead atoms. The predicted molar refractivity (Wildman–Crippen MR) is 80.9 cm³/mol. The third-order valence-corrected chi connectivity index (χ3v) is 4.55. The number of rotatable bonds is 4. The number of nitrogens with zero attached hydrogens (tertiary/aromatic N) is 1. The Morgan fingerprint density at radius 2 is 2.11 bits per heavy atom. The van der Waals surface area contributed by atoms with E-state index in [-0.39, 0.29) is 10.6 Å². The number of hydrogen-bond acceptors (Lipinski definition) is 3. The maximum absolute atomic E-state index is 10.7. The summed E-state index contributed by atoms with van der Waals surface area (Å²) in [6.45, 7) is 2.20. The highest BCUT2D eigenvalue weighted by atomic mass is 127. The van der Waals surface area contributed by atoms with Crippen molar-refractivity contribution in [3.63, 3.8) is 0 Å². The molecule has 0 spiro atoms. The molecule has 5 heteroatoms. The number of anilines is 1. The second-order valence-corrected chi connectivity index (χ2v) is 6.06. The summed E-state index contributed by atoms with van der Waals surface area (Å²) < 4.78 is 0.909. The first-order chi connectivity index (χ1) is 8.58. The van der Waals surface area contributed by atoms with Gasteiger partial charge in [0.05, 0.1) is 4.92 Å². The molecule has 1 aromatic rings. The van der Waals surface area contributed by atoms with Crippen LogP contribution in [0.15, 0.2) is 18.2 Å². The Morgan fingerprint density at radius 1 is 1.44 bits per heavy atom. The Balaban J connectivity index is 2.06. The van der Waals surface area contributed by atoms with Crippen molar-refractivity contribution >= 4 is 34.0 Å². The SMILES string of the molecule is CC(Nc1ccc([N+](=O)[O-])cc1I)C1CCCC1. The third kappa shape index (κ3) is 3.13. The number of halogens is 1. The van der Waals surface area contributed by atoms with Gasteiger partial charge in [-0.2, -0.15) is 0 Å². The summed E-state index contributed by atoms with van der Waals surface area (Å²) >= 11 is 2.15. The first-order valence-corrected chi connectivity index (χ1v) is 7.36. The van der Waals surface area contributed by atoms with Crippen LogP contribution in [0.4, 0.5) is 11.4 Å². The number of nitro benzene ring substituents is 1. The Labute approximate surface area is 120 Å². The molecule has 98 valence electrons. The maximum atomic E-state index is 10.7. The van der Waals surface area contributed by atoms with E-state index < -0.39 is 0 Å². The summed E-state index contributed by atoms with van der Waals surface area (Å²) in [7, 11) is 0. The van der Waals surface area contributed by atoms with Crippen molar-refractivity contribution in [3.8, 4) is 0 Å². The molecule has 4 nitrogen and oxygen atoms in total. The van der Waals surface area contributed by atoms with Crippen LogP contribution in [-0.4, -0.2) is 11.0 Å². The topological polar surface area (TPSA) is 55.2 Å². The van der Waals surface area contributed by atoms with Gasteiger partial charge in [0.25, 0.3) is 5.69 Å². The lowest BCUT2D eigenvalue weighted by atomic mass is 9.99. The van der Waals surface area contributed by atoms with Crippen LogP contribution in [0.2, 0.25) is 0 Å². The van der Waals surface area contributed by atoms with Crippen molar-refractivity contribution in [3.05, 3.63) is 31.9 Å². The zero-order valence-electron chi connectivity index (χ0n) is 10.4. The molecule has 1 saturated carbocycles. The number of hydrogen-bond donors (Lipinski definition) is 1. The van der Waals surface area contributed by atoms with Gasteiger partial charge in [0.2, 0.25) is 0 Å². The van der Waals surface area contributed by atoms with Crippen molar-refractivity contribution < 1.29 is 4.92 Å². The molecule has 0 aromatic heterocycles. The molecule has 0 amide bonds. The van der Waals surface area contributed by atoms with E-state index in [2.05, 4.69) is 34.8 Å². The van der Waals surface area contributed by atoms with Crippen LogP contribution in [0, 0.1) is 19.6 Å². The average Bonchev–Trinajstić information content (AvgIpc) is 2.85. The summed E-state index contributed by atoms with van der Waals surface area (Å²) in [4.78, 5) is 10.3. The quantitative estimate of drug-likeness (QED) is 0.498. The van der Waals surface area contributed by atoms with Gasteiger partial charge in [-0.25, -0.2) is 0 Å². The van der Waals surface area contributed by atoms with E-state index in [1.165, 1.54) is 25.7 Å². The van der Waals surface area contributed by atoms with Gasteiger partial charge in [-0.05, 0) is 54.3 Å². The minimum absolute atomic E-state index is 0.151. The zero-order valence-corrected chi connectivity index (χ0v) is 12.5. The van der Waals surface area contributed by atoms with E-state index in [9.17, 15) is 10.1 Å². The van der Waals surface area contributed by atoms with Crippen LogP contribution >= 0.6 is 22.6 Å². The average molecular weight is 360 g/mol. The molecule has 0 aliphatic heterocycles. The molecule has 2 rings (SSSR count). The van der Waals surface area contributed by atoms with Gasteiger partial charge in [-0.3, -0.25) is 10.1 Å². The standard InChI is InChI=1S/C13H17IN2O2/c1-9(10-4-2-3-5-10)15-13-7-6-11(16(17)18)8-12(13)14/h6-10,15H,2-5H2,1H3. The molecule has 1 aromatic carbocycles. The van der Waals surface area contributed by atoms with Crippen LogP contribution in [0.3, 0.4) is 0 Å². The van der Waals surface area contributed by atoms with Gasteiger partial charge in [0, 0.05) is 27.4 Å². The Bertz CT molecular complexity index is 445. The molecule has 18 heavy (non-hydrogen) atoms. The lowest BCUT2D eigenvalue weighted by molar-refractivity contribution is -0.384. The van der Waals surface area contributed by atoms with E-state index in [0.717, 1.165) is 15.2 Å². The van der Waals surface area contributed by atoms with Crippen LogP contribution in [0.5, 0.6) is 0 Å². The third-order valence-electron chi connectivity index (χ3n) is 3.65. The number of non-ortho nitro benzene ring substituents is 1. The normalized spacial score (nSPS) is 17.7. The second-order valence-electron chi connectivity index (χ2n) is 4.90. The molecule has 1 fully saturated rings. The summed E-state index contributed by atoms with van der Waals surface area (Å²) in [5.74, 6) is 0.732. The van der Waals surface area contributed by atoms with Gasteiger partial charge in [0.1, 0.15) is 0 Å². The van der Waals surface area contributed by atoms with Crippen LogP contribution < -0.4 is 5.32 Å². The van der Waals surface area contributed by atoms with Crippen molar-refractivity contribution in [2.24, 2.45) is 5.92 Å². The van der Waals surface area contributed by atoms with Crippen molar-refractivity contribution in [1.29, 1.82) is 0 Å². The van der Waals surface area contributed by atoms with Gasteiger partial charge < -0.3 is 5.32 Å². The van der Waals surface area contributed by atoms with Crippen molar-refractivity contribution in [2.45, 2.75) is 38.6 Å². The van der Waals surface area contributed by atoms with Gasteiger partial charge >= 0.3 is 0 Å². The van der Waals surface area contributed by atoms with Gasteiger partial charge in [0.15, 0.2) is 0 Å². The van der Waals surface area contributed by atoms with E-state index in [1.54, 1.807) is 12.1 Å². The smallest absolute Gasteiger partial charge is 0.270 e. The molecule has 0 saturated heterocycles. The van der Waals surface area contributed by atoms with Gasteiger partial charge in [-0.1, -0.05) is 12.8 Å². The molecule has 1 aliphatic rings. The van der Waals surface area contributed by atoms with Crippen molar-refractivity contribution in [1.82, 2.24) is 0 Å². The molecule has 0 heterocycles. The molecule has 1 aliphatic carbocycles. The van der Waals surface area contributed by atoms with Crippen molar-refractivity contribution in [2.75, 3.05) is 5.32 Å². The highest BCUT2D eigenvalue weighted by molar-refractivity contribution is 14.1. The fourth-order valence-corrected chi connectivity index (χ4v) is 3.21. The summed E-state index contributed by atoms with van der Waals surface area (Å²) in [5, 5.41) is 14.2. The fraction of sp³-hybridized carbons (Fsp3) is 0.538. The Hall–Kier alpha value is -0.850. The minimum Gasteiger partial charge on any atom is -0.381 e. The second kappa shape index (κ2) is 5.86.